The molecule has 0 N–H and O–H groups in total. The maximum atomic E-state index is 13.8. The fraction of sp³-hybridized carbons (Fsp3) is 0.417. The summed E-state index contributed by atoms with van der Waals surface area (Å²) in [6.45, 7) is 0.643. The molecule has 1 saturated heterocycles. The van der Waals surface area contributed by atoms with E-state index >= 15 is 0 Å². The Hall–Kier alpha value is -1.20. The average Bonchev–Trinajstić information content (AvgIpc) is 2.81. The van der Waals surface area contributed by atoms with Crippen molar-refractivity contribution in [2.24, 2.45) is 0 Å². The summed E-state index contributed by atoms with van der Waals surface area (Å²) in [4.78, 5) is 0. The highest BCUT2D eigenvalue weighted by molar-refractivity contribution is 6.31. The van der Waals surface area contributed by atoms with Crippen LogP contribution in [-0.4, -0.2) is 16.4 Å². The second kappa shape index (κ2) is 4.48. The minimum absolute atomic E-state index is 0.218. The molecule has 1 aliphatic rings. The van der Waals surface area contributed by atoms with Crippen molar-refractivity contribution >= 4 is 22.5 Å². The Morgan fingerprint density at radius 2 is 2.22 bits per heavy atom. The molecule has 1 atom stereocenters. The van der Waals surface area contributed by atoms with Gasteiger partial charge in [-0.15, -0.1) is 0 Å². The Morgan fingerprint density at radius 3 is 2.94 bits per heavy atom. The zero-order valence-electron chi connectivity index (χ0n) is 9.50. The Bertz CT molecular complexity index is 593. The predicted molar refractivity (Wildman–Crippen MR) is 63.5 cm³/mol. The first-order valence-corrected chi connectivity index (χ1v) is 6.18. The van der Waals surface area contributed by atoms with E-state index in [1.807, 2.05) is 0 Å². The van der Waals surface area contributed by atoms with Gasteiger partial charge in [-0.25, -0.2) is 13.5 Å². The van der Waals surface area contributed by atoms with Crippen LogP contribution in [0.2, 0.25) is 5.02 Å². The quantitative estimate of drug-likeness (QED) is 0.741. The number of rotatable bonds is 1. The van der Waals surface area contributed by atoms with Gasteiger partial charge in [-0.1, -0.05) is 11.6 Å². The fourth-order valence-corrected chi connectivity index (χ4v) is 2.39. The molecule has 0 amide bonds. The second-order valence-electron chi connectivity index (χ2n) is 4.33. The Morgan fingerprint density at radius 1 is 1.39 bits per heavy atom. The third kappa shape index (κ3) is 1.78. The van der Waals surface area contributed by atoms with E-state index in [9.17, 15) is 8.78 Å². The molecule has 1 aromatic heterocycles. The summed E-state index contributed by atoms with van der Waals surface area (Å²) in [5.74, 6) is -1.55. The minimum Gasteiger partial charge on any atom is -0.356 e. The highest BCUT2D eigenvalue weighted by Gasteiger charge is 2.21. The highest BCUT2D eigenvalue weighted by Crippen LogP contribution is 2.31. The van der Waals surface area contributed by atoms with Gasteiger partial charge in [0.1, 0.15) is 10.8 Å². The topological polar surface area (TPSA) is 27.1 Å². The van der Waals surface area contributed by atoms with Crippen molar-refractivity contribution in [3.8, 4) is 0 Å². The molecular formula is C12H11ClF2N2O. The Kier molecular flexibility index (Phi) is 2.95. The van der Waals surface area contributed by atoms with Crippen molar-refractivity contribution in [1.82, 2.24) is 9.78 Å². The molecular weight excluding hydrogens is 262 g/mol. The third-order valence-corrected chi connectivity index (χ3v) is 3.51. The minimum atomic E-state index is -0.778. The summed E-state index contributed by atoms with van der Waals surface area (Å²) in [6, 6.07) is 1.20. The monoisotopic (exact) mass is 272 g/mol. The number of benzene rings is 1. The van der Waals surface area contributed by atoms with Crippen molar-refractivity contribution in [3.05, 3.63) is 28.9 Å². The van der Waals surface area contributed by atoms with Crippen molar-refractivity contribution in [2.75, 3.05) is 6.61 Å². The van der Waals surface area contributed by atoms with Crippen LogP contribution in [0.4, 0.5) is 8.78 Å². The molecule has 0 saturated carbocycles. The molecule has 3 rings (SSSR count). The van der Waals surface area contributed by atoms with Gasteiger partial charge in [0.05, 0.1) is 17.1 Å². The zero-order valence-corrected chi connectivity index (χ0v) is 10.3. The third-order valence-electron chi connectivity index (χ3n) is 3.16. The van der Waals surface area contributed by atoms with E-state index in [-0.39, 0.29) is 11.6 Å². The smallest absolute Gasteiger partial charge is 0.155 e. The van der Waals surface area contributed by atoms with Crippen LogP contribution in [0.15, 0.2) is 12.3 Å². The summed E-state index contributed by atoms with van der Waals surface area (Å²) in [5, 5.41) is 3.81. The first-order chi connectivity index (χ1) is 8.68. The number of fused-ring (bicyclic) bond motifs is 1. The second-order valence-corrected chi connectivity index (χ2v) is 4.71. The van der Waals surface area contributed by atoms with E-state index in [0.29, 0.717) is 12.1 Å². The van der Waals surface area contributed by atoms with Gasteiger partial charge in [-0.2, -0.15) is 5.10 Å². The zero-order chi connectivity index (χ0) is 12.7. The van der Waals surface area contributed by atoms with Crippen molar-refractivity contribution in [3.63, 3.8) is 0 Å². The van der Waals surface area contributed by atoms with Crippen LogP contribution in [0, 0.1) is 11.6 Å². The Balaban J connectivity index is 2.13. The fourth-order valence-electron chi connectivity index (χ4n) is 2.24. The lowest BCUT2D eigenvalue weighted by Crippen LogP contribution is -2.19. The highest BCUT2D eigenvalue weighted by atomic mass is 35.5. The molecule has 0 aliphatic carbocycles. The average molecular weight is 273 g/mol. The number of ether oxygens (including phenoxy) is 1. The number of hydrogen-bond acceptors (Lipinski definition) is 2. The lowest BCUT2D eigenvalue weighted by Gasteiger charge is -2.23. The van der Waals surface area contributed by atoms with E-state index in [1.165, 1.54) is 16.9 Å². The largest absolute Gasteiger partial charge is 0.356 e. The summed E-state index contributed by atoms with van der Waals surface area (Å²) in [6.07, 6.45) is 3.92. The van der Waals surface area contributed by atoms with Gasteiger partial charge in [-0.3, -0.25) is 0 Å². The van der Waals surface area contributed by atoms with Crippen LogP contribution in [0.5, 0.6) is 0 Å². The van der Waals surface area contributed by atoms with Crippen molar-refractivity contribution < 1.29 is 13.5 Å². The summed E-state index contributed by atoms with van der Waals surface area (Å²) in [7, 11) is 0. The molecule has 96 valence electrons. The van der Waals surface area contributed by atoms with Crippen LogP contribution in [-0.2, 0) is 4.74 Å². The summed E-state index contributed by atoms with van der Waals surface area (Å²) < 4.78 is 34.3. The Labute approximate surface area is 107 Å². The molecule has 0 bridgehead atoms. The van der Waals surface area contributed by atoms with Gasteiger partial charge in [0, 0.05) is 12.7 Å². The molecule has 2 aromatic rings. The SMILES string of the molecule is Fc1cc2c(cnn2C2CCCCO2)c(F)c1Cl. The molecule has 3 nitrogen and oxygen atoms in total. The van der Waals surface area contributed by atoms with Crippen LogP contribution < -0.4 is 0 Å². The molecule has 0 radical (unpaired) electrons. The molecule has 1 unspecified atom stereocenters. The van der Waals surface area contributed by atoms with Crippen molar-refractivity contribution in [1.29, 1.82) is 0 Å². The molecule has 1 aromatic carbocycles. The van der Waals surface area contributed by atoms with E-state index in [1.54, 1.807) is 0 Å². The number of nitrogens with zero attached hydrogens (tertiary/aromatic N) is 2. The van der Waals surface area contributed by atoms with E-state index in [4.69, 9.17) is 16.3 Å². The van der Waals surface area contributed by atoms with Gasteiger partial charge in [0.25, 0.3) is 0 Å². The molecule has 6 heteroatoms. The van der Waals surface area contributed by atoms with Crippen LogP contribution in [0.3, 0.4) is 0 Å². The standard InChI is InChI=1S/C12H11ClF2N2O/c13-11-8(14)5-9-7(12(11)15)6-16-17(9)10-3-1-2-4-18-10/h5-6,10H,1-4H2. The number of hydrogen-bond donors (Lipinski definition) is 0. The van der Waals surface area contributed by atoms with E-state index in [0.717, 1.165) is 19.3 Å². The van der Waals surface area contributed by atoms with Crippen LogP contribution in [0.1, 0.15) is 25.5 Å². The molecule has 1 aliphatic heterocycles. The van der Waals surface area contributed by atoms with Gasteiger partial charge in [0.2, 0.25) is 0 Å². The lowest BCUT2D eigenvalue weighted by atomic mass is 10.2. The molecule has 18 heavy (non-hydrogen) atoms. The van der Waals surface area contributed by atoms with Gasteiger partial charge in [0.15, 0.2) is 12.0 Å². The van der Waals surface area contributed by atoms with Gasteiger partial charge in [-0.05, 0) is 19.3 Å². The van der Waals surface area contributed by atoms with Crippen LogP contribution >= 0.6 is 11.6 Å². The van der Waals surface area contributed by atoms with Gasteiger partial charge < -0.3 is 4.74 Å². The van der Waals surface area contributed by atoms with Crippen molar-refractivity contribution in [2.45, 2.75) is 25.5 Å². The maximum Gasteiger partial charge on any atom is 0.155 e. The summed E-state index contributed by atoms with van der Waals surface area (Å²) in [5.41, 5.74) is 0.376. The van der Waals surface area contributed by atoms with Crippen LogP contribution in [0.25, 0.3) is 10.9 Å². The predicted octanol–water partition coefficient (Wildman–Crippen LogP) is 3.67. The lowest BCUT2D eigenvalue weighted by molar-refractivity contribution is -0.0366. The van der Waals surface area contributed by atoms with Gasteiger partial charge >= 0.3 is 0 Å². The molecule has 0 spiro atoms. The number of aromatic nitrogens is 2. The molecule has 2 heterocycles. The first-order valence-electron chi connectivity index (χ1n) is 5.81. The summed E-state index contributed by atoms with van der Waals surface area (Å²) >= 11 is 5.53. The number of halogens is 3. The normalized spacial score (nSPS) is 20.5. The maximum absolute atomic E-state index is 13.8. The first kappa shape index (κ1) is 11.9. The van der Waals surface area contributed by atoms with E-state index in [2.05, 4.69) is 5.10 Å². The molecule has 1 fully saturated rings. The van der Waals surface area contributed by atoms with E-state index < -0.39 is 16.7 Å².